The number of hydrogen-bond acceptors (Lipinski definition) is 3. The van der Waals surface area contributed by atoms with E-state index in [2.05, 4.69) is 5.10 Å². The van der Waals surface area contributed by atoms with Crippen molar-refractivity contribution in [3.05, 3.63) is 17.5 Å². The molecular weight excluding hydrogens is 232 g/mol. The van der Waals surface area contributed by atoms with Crippen LogP contribution in [-0.2, 0) is 13.0 Å². The van der Waals surface area contributed by atoms with Crippen molar-refractivity contribution < 1.29 is 15.0 Å². The zero-order valence-corrected chi connectivity index (χ0v) is 9.65. The van der Waals surface area contributed by atoms with E-state index in [1.54, 1.807) is 6.07 Å². The first-order valence-electron chi connectivity index (χ1n) is 5.16. The van der Waals surface area contributed by atoms with E-state index < -0.39 is 5.97 Å². The number of halogens is 1. The van der Waals surface area contributed by atoms with E-state index in [4.69, 9.17) is 21.8 Å². The van der Waals surface area contributed by atoms with Gasteiger partial charge in [0.25, 0.3) is 0 Å². The molecule has 0 aliphatic rings. The minimum absolute atomic E-state index is 0.0225. The normalized spacial score (nSPS) is 10.6. The number of aliphatic hydroxyl groups excluding tert-OH is 1. The van der Waals surface area contributed by atoms with Crippen LogP contribution in [0.2, 0.25) is 0 Å². The molecule has 0 fully saturated rings. The summed E-state index contributed by atoms with van der Waals surface area (Å²) in [6, 6.07) is 1.55. The molecule has 0 radical (unpaired) electrons. The van der Waals surface area contributed by atoms with Gasteiger partial charge in [-0.15, -0.1) is 11.6 Å². The van der Waals surface area contributed by atoms with Gasteiger partial charge in [-0.1, -0.05) is 0 Å². The highest BCUT2D eigenvalue weighted by atomic mass is 35.5. The Morgan fingerprint density at radius 1 is 1.50 bits per heavy atom. The maximum Gasteiger partial charge on any atom is 0.356 e. The van der Waals surface area contributed by atoms with Gasteiger partial charge in [-0.05, 0) is 25.3 Å². The summed E-state index contributed by atoms with van der Waals surface area (Å²) < 4.78 is 1.54. The molecule has 0 bridgehead atoms. The van der Waals surface area contributed by atoms with Crippen LogP contribution in [0.3, 0.4) is 0 Å². The van der Waals surface area contributed by atoms with Gasteiger partial charge in [0, 0.05) is 11.6 Å². The van der Waals surface area contributed by atoms with Crippen LogP contribution in [0.4, 0.5) is 0 Å². The molecule has 2 N–H and O–H groups in total. The van der Waals surface area contributed by atoms with Crippen LogP contribution in [0, 0.1) is 0 Å². The van der Waals surface area contributed by atoms with Crippen molar-refractivity contribution in [3.8, 4) is 0 Å². The number of alkyl halides is 1. The van der Waals surface area contributed by atoms with E-state index in [1.807, 2.05) is 0 Å². The lowest BCUT2D eigenvalue weighted by Gasteiger charge is -2.04. The number of carbonyl (C=O) groups is 1. The van der Waals surface area contributed by atoms with Crippen molar-refractivity contribution in [2.75, 3.05) is 12.5 Å². The summed E-state index contributed by atoms with van der Waals surface area (Å²) in [5.74, 6) is -0.449. The highest BCUT2D eigenvalue weighted by Crippen LogP contribution is 2.09. The van der Waals surface area contributed by atoms with Gasteiger partial charge in [-0.2, -0.15) is 5.10 Å². The Labute approximate surface area is 98.6 Å². The molecule has 0 aliphatic heterocycles. The molecule has 0 atom stereocenters. The van der Waals surface area contributed by atoms with Gasteiger partial charge in [-0.25, -0.2) is 4.79 Å². The number of rotatable bonds is 7. The quantitative estimate of drug-likeness (QED) is 0.559. The van der Waals surface area contributed by atoms with Gasteiger partial charge in [-0.3, -0.25) is 4.68 Å². The van der Waals surface area contributed by atoms with Gasteiger partial charge in [0.1, 0.15) is 0 Å². The lowest BCUT2D eigenvalue weighted by atomic mass is 10.2. The molecule has 0 saturated carbocycles. The second kappa shape index (κ2) is 6.50. The Bertz CT molecular complexity index is 352. The molecule has 5 nitrogen and oxygen atoms in total. The minimum Gasteiger partial charge on any atom is -0.476 e. The van der Waals surface area contributed by atoms with E-state index in [0.717, 1.165) is 25.0 Å². The molecule has 1 heterocycles. The highest BCUT2D eigenvalue weighted by molar-refractivity contribution is 6.17. The second-order valence-corrected chi connectivity index (χ2v) is 3.80. The summed E-state index contributed by atoms with van der Waals surface area (Å²) in [5, 5.41) is 21.5. The summed E-state index contributed by atoms with van der Waals surface area (Å²) >= 11 is 5.57. The molecule has 0 spiro atoms. The molecule has 1 rings (SSSR count). The predicted octanol–water partition coefficient (Wildman–Crippen LogP) is 1.14. The van der Waals surface area contributed by atoms with Crippen LogP contribution in [-0.4, -0.2) is 38.4 Å². The smallest absolute Gasteiger partial charge is 0.356 e. The number of carboxylic acid groups (broad SMARTS) is 1. The van der Waals surface area contributed by atoms with Gasteiger partial charge in [0.15, 0.2) is 5.69 Å². The fraction of sp³-hybridized carbons (Fsp3) is 0.600. The van der Waals surface area contributed by atoms with Gasteiger partial charge < -0.3 is 10.2 Å². The summed E-state index contributed by atoms with van der Waals surface area (Å²) in [6.45, 7) is 0.271. The van der Waals surface area contributed by atoms with Gasteiger partial charge in [0.2, 0.25) is 0 Å². The Hall–Kier alpha value is -1.07. The van der Waals surface area contributed by atoms with E-state index in [0.29, 0.717) is 12.4 Å². The number of aromatic nitrogens is 2. The zero-order valence-electron chi connectivity index (χ0n) is 8.90. The van der Waals surface area contributed by atoms with Crippen molar-refractivity contribution in [1.82, 2.24) is 9.78 Å². The van der Waals surface area contributed by atoms with Crippen molar-refractivity contribution in [2.45, 2.75) is 25.8 Å². The predicted molar refractivity (Wildman–Crippen MR) is 59.9 cm³/mol. The standard InChI is InChI=1S/C10H15ClN2O3/c11-4-2-1-3-8-7-9(10(15)16)12-13(8)5-6-14/h7,14H,1-6H2,(H,15,16). The monoisotopic (exact) mass is 246 g/mol. The molecule has 0 amide bonds. The first kappa shape index (κ1) is 13.0. The summed E-state index contributed by atoms with van der Waals surface area (Å²) in [4.78, 5) is 10.7. The molecule has 90 valence electrons. The molecule has 16 heavy (non-hydrogen) atoms. The van der Waals surface area contributed by atoms with E-state index in [9.17, 15) is 4.79 Å². The second-order valence-electron chi connectivity index (χ2n) is 3.42. The number of nitrogens with zero attached hydrogens (tertiary/aromatic N) is 2. The van der Waals surface area contributed by atoms with Crippen LogP contribution in [0.15, 0.2) is 6.07 Å². The average molecular weight is 247 g/mol. The SMILES string of the molecule is O=C(O)c1cc(CCCCCl)n(CCO)n1. The molecule has 0 aliphatic carbocycles. The maximum atomic E-state index is 10.7. The summed E-state index contributed by atoms with van der Waals surface area (Å²) in [6.07, 6.45) is 2.50. The number of aromatic carboxylic acids is 1. The molecule has 1 aromatic heterocycles. The Balaban J connectivity index is 2.74. The molecular formula is C10H15ClN2O3. The summed E-state index contributed by atoms with van der Waals surface area (Å²) in [7, 11) is 0. The maximum absolute atomic E-state index is 10.7. The van der Waals surface area contributed by atoms with E-state index >= 15 is 0 Å². The lowest BCUT2D eigenvalue weighted by Crippen LogP contribution is -2.09. The third-order valence-corrected chi connectivity index (χ3v) is 2.48. The van der Waals surface area contributed by atoms with Gasteiger partial charge >= 0.3 is 5.97 Å². The fourth-order valence-corrected chi connectivity index (χ4v) is 1.64. The van der Waals surface area contributed by atoms with Crippen LogP contribution in [0.25, 0.3) is 0 Å². The van der Waals surface area contributed by atoms with Crippen LogP contribution in [0.5, 0.6) is 0 Å². The van der Waals surface area contributed by atoms with Crippen molar-refractivity contribution in [2.24, 2.45) is 0 Å². The number of aliphatic hydroxyl groups is 1. The summed E-state index contributed by atoms with van der Waals surface area (Å²) in [5.41, 5.74) is 0.853. The topological polar surface area (TPSA) is 75.3 Å². The Kier molecular flexibility index (Phi) is 5.28. The Morgan fingerprint density at radius 3 is 2.81 bits per heavy atom. The van der Waals surface area contributed by atoms with Crippen molar-refractivity contribution in [3.63, 3.8) is 0 Å². The Morgan fingerprint density at radius 2 is 2.25 bits per heavy atom. The van der Waals surface area contributed by atoms with E-state index in [-0.39, 0.29) is 12.3 Å². The largest absolute Gasteiger partial charge is 0.476 e. The molecule has 0 unspecified atom stereocenters. The molecule has 0 aromatic carbocycles. The van der Waals surface area contributed by atoms with Crippen molar-refractivity contribution in [1.29, 1.82) is 0 Å². The first-order chi connectivity index (χ1) is 7.69. The highest BCUT2D eigenvalue weighted by Gasteiger charge is 2.12. The first-order valence-corrected chi connectivity index (χ1v) is 5.69. The average Bonchev–Trinajstić information content (AvgIpc) is 2.63. The van der Waals surface area contributed by atoms with Gasteiger partial charge in [0.05, 0.1) is 13.2 Å². The molecule has 1 aromatic rings. The van der Waals surface area contributed by atoms with Crippen LogP contribution >= 0.6 is 11.6 Å². The lowest BCUT2D eigenvalue weighted by molar-refractivity contribution is 0.0689. The van der Waals surface area contributed by atoms with Crippen LogP contribution < -0.4 is 0 Å². The molecule has 0 saturated heterocycles. The third kappa shape index (κ3) is 3.50. The zero-order chi connectivity index (χ0) is 12.0. The number of aryl methyl sites for hydroxylation is 1. The number of hydrogen-bond donors (Lipinski definition) is 2. The van der Waals surface area contributed by atoms with E-state index in [1.165, 1.54) is 4.68 Å². The van der Waals surface area contributed by atoms with Crippen LogP contribution in [0.1, 0.15) is 29.0 Å². The number of carboxylic acids is 1. The van der Waals surface area contributed by atoms with Crippen molar-refractivity contribution >= 4 is 17.6 Å². The third-order valence-electron chi connectivity index (χ3n) is 2.21. The fourth-order valence-electron chi connectivity index (χ4n) is 1.45. The minimum atomic E-state index is -1.05. The molecule has 6 heteroatoms. The number of unbranched alkanes of at least 4 members (excludes halogenated alkanes) is 1.